The summed E-state index contributed by atoms with van der Waals surface area (Å²) in [5, 5.41) is 204. The van der Waals surface area contributed by atoms with Gasteiger partial charge in [-0.1, -0.05) is 72.8 Å². The van der Waals surface area contributed by atoms with E-state index in [0.29, 0.717) is 61.2 Å². The minimum absolute atomic E-state index is 0.0157. The van der Waals surface area contributed by atoms with E-state index in [1.807, 2.05) is 0 Å². The minimum Gasteiger partial charge on any atom is -0.508 e. The third-order valence-electron chi connectivity index (χ3n) is 22.1. The van der Waals surface area contributed by atoms with Crippen molar-refractivity contribution >= 4 is 0 Å². The maximum absolute atomic E-state index is 13.7. The smallest absolute Gasteiger partial charge is 0.135 e. The van der Waals surface area contributed by atoms with Gasteiger partial charge in [-0.15, -0.1) is 0 Å². The summed E-state index contributed by atoms with van der Waals surface area (Å²) < 4.78 is 6.95. The molecule has 0 saturated heterocycles. The molecule has 18 nitrogen and oxygen atoms in total. The van der Waals surface area contributed by atoms with Crippen LogP contribution in [0.2, 0.25) is 0 Å². The second-order valence-corrected chi connectivity index (χ2v) is 27.5. The van der Waals surface area contributed by atoms with E-state index in [4.69, 9.17) is 4.74 Å². The third kappa shape index (κ3) is 9.60. The molecule has 1 heterocycles. The molecule has 1 aliphatic heterocycles. The number of phenols is 17. The molecule has 18 heteroatoms. The molecule has 0 spiro atoms. The largest absolute Gasteiger partial charge is 0.508 e. The predicted octanol–water partition coefficient (Wildman–Crippen LogP) is 15.2. The highest BCUT2D eigenvalue weighted by atomic mass is 16.5. The van der Waals surface area contributed by atoms with Gasteiger partial charge in [0.15, 0.2) is 0 Å². The van der Waals surface area contributed by atoms with Crippen molar-refractivity contribution in [1.29, 1.82) is 0 Å². The second kappa shape index (κ2) is 23.1. The molecule has 0 amide bonds. The Labute approximate surface area is 581 Å². The molecule has 0 saturated carbocycles. The minimum atomic E-state index is -1.46. The summed E-state index contributed by atoms with van der Waals surface area (Å²) >= 11 is 0. The Kier molecular flexibility index (Phi) is 14.1. The Balaban J connectivity index is 0.949. The highest BCUT2D eigenvalue weighted by molar-refractivity contribution is 5.76. The van der Waals surface area contributed by atoms with E-state index in [9.17, 15) is 86.8 Å². The van der Waals surface area contributed by atoms with Crippen LogP contribution in [0.3, 0.4) is 0 Å². The summed E-state index contributed by atoms with van der Waals surface area (Å²) in [6.45, 7) is 0. The fourth-order valence-electron chi connectivity index (χ4n) is 18.5. The standard InChI is InChI=1S/C84H64O18/c85-44-13-1-36(2-14-44)64-69(42-25-50(91)29-51(92)26-42)76-60(99)34-61(100)78-73(54-30-52(93)32-58(97)71(54)66(80(64)82(76)78)38-5-17-46(87)18-6-38)68(40-9-21-48(89)22-10-40)75-56(95)27-43(28-57(75)96)70-65(37-3-15-45(86)16-4-37)81-67(39-7-19-47(88)20-8-39)72-55(31-53(94)33-59(72)98)74-79-63(35-62(101)77(70)83(79)81)102-84(74)41-11-23-49(90)24-12-41/h1-35,64-70,73-74,80-81,84-101H/t64-,65-,66?,67?,68+,69-,70-,73-,74-,80+,81+,84+/m1/s1. The van der Waals surface area contributed by atoms with Gasteiger partial charge in [-0.3, -0.25) is 0 Å². The summed E-state index contributed by atoms with van der Waals surface area (Å²) in [5.41, 5.74) is 6.62. The number of fused-ring (bicyclic) bond motifs is 3. The van der Waals surface area contributed by atoms with E-state index >= 15 is 0 Å². The van der Waals surface area contributed by atoms with E-state index in [0.717, 1.165) is 18.2 Å². The predicted molar refractivity (Wildman–Crippen MR) is 373 cm³/mol. The summed E-state index contributed by atoms with van der Waals surface area (Å²) in [7, 11) is 0. The Morgan fingerprint density at radius 2 is 0.578 bits per heavy atom. The Morgan fingerprint density at radius 3 is 1.05 bits per heavy atom. The van der Waals surface area contributed by atoms with Crippen molar-refractivity contribution < 1.29 is 91.5 Å². The van der Waals surface area contributed by atoms with Crippen molar-refractivity contribution in [3.63, 3.8) is 0 Å². The molecule has 0 bridgehead atoms. The van der Waals surface area contributed by atoms with Crippen LogP contribution in [0, 0.1) is 0 Å². The van der Waals surface area contributed by atoms with Crippen molar-refractivity contribution in [2.45, 2.75) is 71.2 Å². The van der Waals surface area contributed by atoms with Gasteiger partial charge in [-0.25, -0.2) is 0 Å². The normalized spacial score (nSPS) is 21.9. The summed E-state index contributed by atoms with van der Waals surface area (Å²) in [4.78, 5) is 0. The van der Waals surface area contributed by atoms with Crippen LogP contribution in [0.4, 0.5) is 0 Å². The van der Waals surface area contributed by atoms with Gasteiger partial charge in [0.05, 0.1) is 5.92 Å². The fourth-order valence-corrected chi connectivity index (χ4v) is 18.5. The summed E-state index contributed by atoms with van der Waals surface area (Å²) in [5.74, 6) is -16.1. The van der Waals surface area contributed by atoms with E-state index < -0.39 is 106 Å². The van der Waals surface area contributed by atoms with Crippen LogP contribution in [-0.4, -0.2) is 86.8 Å². The highest BCUT2D eigenvalue weighted by Crippen LogP contribution is 2.73. The van der Waals surface area contributed by atoms with Crippen LogP contribution >= 0.6 is 0 Å². The van der Waals surface area contributed by atoms with Crippen molar-refractivity contribution in [3.05, 3.63) is 318 Å². The second-order valence-electron chi connectivity index (χ2n) is 27.5. The zero-order valence-electron chi connectivity index (χ0n) is 53.6. The molecule has 17 N–H and O–H groups in total. The fraction of sp³-hybridized carbons (Fsp3) is 0.143. The van der Waals surface area contributed by atoms with Gasteiger partial charge < -0.3 is 91.5 Å². The Hall–Kier alpha value is -13.0. The first-order valence-electron chi connectivity index (χ1n) is 33.2. The lowest BCUT2D eigenvalue weighted by Gasteiger charge is -2.35. The van der Waals surface area contributed by atoms with Crippen LogP contribution in [0.1, 0.15) is 177 Å². The van der Waals surface area contributed by atoms with Crippen molar-refractivity contribution in [1.82, 2.24) is 0 Å². The number of phenolic OH excluding ortho intramolecular Hbond substituents is 17. The van der Waals surface area contributed by atoms with E-state index in [2.05, 4.69) is 0 Å². The SMILES string of the molecule is Oc1ccc(C2c3c(O)cc(O)cc3[C@H]([C@H](c3ccc(O)cc3)c3c(O)cc([C@H]4c5c(O)cc6c7c5[C@H](C(c5ccc(O)cc5)c5c(O)cc(O)cc5[C@H]7[C@H](c5ccc(O)cc5)O6)[C@@H]4c4ccc(O)cc4)cc3O)c3c(O)cc(O)c4c3[C@H]2[C@H](c2ccc(O)cc2)[C@H]4c2cc(O)cc(O)c2)cc1. The molecule has 2 unspecified atom stereocenters. The first kappa shape index (κ1) is 62.6. The maximum Gasteiger partial charge on any atom is 0.135 e. The van der Waals surface area contributed by atoms with Crippen molar-refractivity contribution in [3.8, 4) is 103 Å². The number of aromatic hydroxyl groups is 17. The van der Waals surface area contributed by atoms with E-state index in [1.54, 1.807) is 78.9 Å². The first-order chi connectivity index (χ1) is 49.1. The third-order valence-corrected chi connectivity index (χ3v) is 22.1. The molecule has 0 aromatic heterocycles. The van der Waals surface area contributed by atoms with Crippen molar-refractivity contribution in [2.24, 2.45) is 0 Å². The molecule has 17 rings (SSSR count). The average molecular weight is 1360 g/mol. The van der Waals surface area contributed by atoms with E-state index in [1.165, 1.54) is 115 Å². The number of ether oxygens (including phenoxy) is 1. The first-order valence-corrected chi connectivity index (χ1v) is 33.2. The van der Waals surface area contributed by atoms with E-state index in [-0.39, 0.29) is 114 Å². The molecular formula is C84H64O18. The molecule has 12 aromatic rings. The number of hydrogen-bond acceptors (Lipinski definition) is 18. The maximum atomic E-state index is 13.7. The van der Waals surface area contributed by atoms with Gasteiger partial charge in [-0.2, -0.15) is 0 Å². The molecule has 0 fully saturated rings. The lowest BCUT2D eigenvalue weighted by Crippen LogP contribution is -2.21. The van der Waals surface area contributed by atoms with Crippen molar-refractivity contribution in [2.75, 3.05) is 0 Å². The molecular weight excluding hydrogens is 1300 g/mol. The van der Waals surface area contributed by atoms with Crippen LogP contribution in [0.15, 0.2) is 212 Å². The Bertz CT molecular complexity index is 5360. The molecule has 102 heavy (non-hydrogen) atoms. The van der Waals surface area contributed by atoms with Gasteiger partial charge in [0.2, 0.25) is 0 Å². The molecule has 508 valence electrons. The van der Waals surface area contributed by atoms with Gasteiger partial charge in [0.1, 0.15) is 110 Å². The summed E-state index contributed by atoms with van der Waals surface area (Å²) in [6, 6.07) is 52.8. The molecule has 4 aliphatic carbocycles. The van der Waals surface area contributed by atoms with Gasteiger partial charge in [0, 0.05) is 128 Å². The Morgan fingerprint density at radius 1 is 0.225 bits per heavy atom. The molecule has 5 aliphatic rings. The zero-order chi connectivity index (χ0) is 70.7. The number of hydrogen-bond donors (Lipinski definition) is 17. The number of benzene rings is 12. The molecule has 0 radical (unpaired) electrons. The van der Waals surface area contributed by atoms with Gasteiger partial charge in [0.25, 0.3) is 0 Å². The molecule has 12 aromatic carbocycles. The average Bonchev–Trinajstić information content (AvgIpc) is 1.53. The van der Waals surface area contributed by atoms with Crippen LogP contribution in [-0.2, 0) is 0 Å². The molecule has 12 atom stereocenters. The van der Waals surface area contributed by atoms with Crippen LogP contribution in [0.25, 0.3) is 0 Å². The highest BCUT2D eigenvalue weighted by Gasteiger charge is 2.58. The summed E-state index contributed by atoms with van der Waals surface area (Å²) in [6.07, 6.45) is -0.899. The van der Waals surface area contributed by atoms with Gasteiger partial charge in [-0.05, 0) is 176 Å². The van der Waals surface area contributed by atoms with Crippen LogP contribution in [0.5, 0.6) is 103 Å². The topological polar surface area (TPSA) is 353 Å². The number of rotatable bonds is 10. The lowest BCUT2D eigenvalue weighted by molar-refractivity contribution is 0.221. The quantitative estimate of drug-likeness (QED) is 0.0605. The van der Waals surface area contributed by atoms with Crippen LogP contribution < -0.4 is 4.74 Å². The monoisotopic (exact) mass is 1360 g/mol. The lowest BCUT2D eigenvalue weighted by atomic mass is 9.68. The zero-order valence-corrected chi connectivity index (χ0v) is 53.6. The van der Waals surface area contributed by atoms with Gasteiger partial charge >= 0.3 is 0 Å².